The topological polar surface area (TPSA) is 119 Å². The van der Waals surface area contributed by atoms with Gasteiger partial charge in [0.1, 0.15) is 0 Å². The molecule has 0 aliphatic carbocycles. The Morgan fingerprint density at radius 3 is 2.63 bits per heavy atom. The van der Waals surface area contributed by atoms with Crippen molar-refractivity contribution < 1.29 is 22.9 Å². The zero-order chi connectivity index (χ0) is 14.6. The van der Waals surface area contributed by atoms with Crippen molar-refractivity contribution in [3.05, 3.63) is 34.4 Å². The fourth-order valence-electron chi connectivity index (χ4n) is 1.17. The molecule has 1 amide bonds. The Labute approximate surface area is 108 Å². The van der Waals surface area contributed by atoms with Gasteiger partial charge in [-0.1, -0.05) is 6.07 Å². The minimum Gasteiger partial charge on any atom is -0.452 e. The normalized spacial score (nSPS) is 10.8. The van der Waals surface area contributed by atoms with E-state index < -0.39 is 21.0 Å². The summed E-state index contributed by atoms with van der Waals surface area (Å²) in [4.78, 5) is 22.5. The quantitative estimate of drug-likeness (QED) is 0.636. The summed E-state index contributed by atoms with van der Waals surface area (Å²) in [7, 11) is -1.88. The Morgan fingerprint density at radius 2 is 2.11 bits per heavy atom. The van der Waals surface area contributed by atoms with E-state index in [2.05, 4.69) is 4.74 Å². The van der Waals surface area contributed by atoms with Crippen molar-refractivity contribution >= 4 is 21.8 Å². The Balaban J connectivity index is 3.04. The van der Waals surface area contributed by atoms with Crippen LogP contribution in [0.25, 0.3) is 0 Å². The van der Waals surface area contributed by atoms with Gasteiger partial charge in [0.05, 0.1) is 16.9 Å². The maximum absolute atomic E-state index is 11.9. The molecule has 9 nitrogen and oxygen atoms in total. The molecule has 10 heteroatoms. The molecular formula is C9H11N3O6S. The summed E-state index contributed by atoms with van der Waals surface area (Å²) in [5.74, 6) is 0. The fraction of sp³-hybridized carbons (Fsp3) is 0.222. The number of nitro benzene ring substituents is 1. The first kappa shape index (κ1) is 14.9. The summed E-state index contributed by atoms with van der Waals surface area (Å²) in [5.41, 5.74) is -0.372. The average molecular weight is 289 g/mol. The molecule has 0 heterocycles. The first-order chi connectivity index (χ1) is 8.77. The van der Waals surface area contributed by atoms with Crippen LogP contribution in [-0.4, -0.2) is 38.6 Å². The van der Waals surface area contributed by atoms with Gasteiger partial charge in [-0.05, 0) is 6.07 Å². The Bertz CT molecular complexity index is 600. The number of hydrazine groups is 1. The lowest BCUT2D eigenvalue weighted by molar-refractivity contribution is -0.385. The van der Waals surface area contributed by atoms with E-state index in [4.69, 9.17) is 0 Å². The Kier molecular flexibility index (Phi) is 4.40. The number of benzene rings is 1. The minimum atomic E-state index is -4.10. The summed E-state index contributed by atoms with van der Waals surface area (Å²) in [6, 6.07) is 4.43. The number of carbonyl (C=O) groups excluding carboxylic acids is 1. The molecule has 0 atom stereocenters. The van der Waals surface area contributed by atoms with Crippen LogP contribution in [-0.2, 0) is 14.8 Å². The van der Waals surface area contributed by atoms with Gasteiger partial charge in [0.25, 0.3) is 15.7 Å². The monoisotopic (exact) mass is 289 g/mol. The zero-order valence-electron chi connectivity index (χ0n) is 10.1. The lowest BCUT2D eigenvalue weighted by Crippen LogP contribution is -2.43. The molecule has 1 rings (SSSR count). The summed E-state index contributed by atoms with van der Waals surface area (Å²) in [6.07, 6.45) is -0.922. The van der Waals surface area contributed by atoms with Crippen LogP contribution < -0.4 is 4.83 Å². The van der Waals surface area contributed by atoms with Crippen molar-refractivity contribution in [2.24, 2.45) is 0 Å². The highest BCUT2D eigenvalue weighted by Gasteiger charge is 2.21. The molecule has 1 aromatic carbocycles. The smallest absolute Gasteiger partial charge is 0.424 e. The summed E-state index contributed by atoms with van der Waals surface area (Å²) in [6.45, 7) is 0. The standard InChI is InChI=1S/C9H11N3O6S/c1-11(9(13)18-2)10-19(16,17)8-5-3-4-7(6-8)12(14)15/h3-6,10H,1-2H3. The van der Waals surface area contributed by atoms with Gasteiger partial charge in [-0.15, -0.1) is 4.83 Å². The van der Waals surface area contributed by atoms with E-state index in [1.54, 1.807) is 0 Å². The van der Waals surface area contributed by atoms with Gasteiger partial charge in [-0.25, -0.2) is 18.2 Å². The molecule has 104 valence electrons. The van der Waals surface area contributed by atoms with Crippen LogP contribution in [0, 0.1) is 10.1 Å². The maximum atomic E-state index is 11.9. The van der Waals surface area contributed by atoms with Gasteiger partial charge >= 0.3 is 6.09 Å². The first-order valence-corrected chi connectivity index (χ1v) is 6.35. The predicted octanol–water partition coefficient (Wildman–Crippen LogP) is 0.486. The Hall–Kier alpha value is -2.20. The van der Waals surface area contributed by atoms with E-state index in [-0.39, 0.29) is 10.6 Å². The summed E-state index contributed by atoms with van der Waals surface area (Å²) < 4.78 is 28.0. The molecule has 0 unspecified atom stereocenters. The lowest BCUT2D eigenvalue weighted by Gasteiger charge is -2.16. The third-order valence-corrected chi connectivity index (χ3v) is 3.43. The summed E-state index contributed by atoms with van der Waals surface area (Å²) >= 11 is 0. The molecule has 0 aliphatic heterocycles. The molecule has 0 saturated heterocycles. The number of carbonyl (C=O) groups is 1. The number of non-ortho nitro benzene ring substituents is 1. The molecule has 0 aromatic heterocycles. The van der Waals surface area contributed by atoms with Crippen LogP contribution in [0.1, 0.15) is 0 Å². The van der Waals surface area contributed by atoms with Gasteiger partial charge in [-0.3, -0.25) is 10.1 Å². The second-order valence-corrected chi connectivity index (χ2v) is 5.04. The van der Waals surface area contributed by atoms with Crippen LogP contribution in [0.5, 0.6) is 0 Å². The number of hydrogen-bond donors (Lipinski definition) is 1. The molecule has 0 fully saturated rings. The number of ether oxygens (including phenoxy) is 1. The second kappa shape index (κ2) is 5.63. The van der Waals surface area contributed by atoms with E-state index >= 15 is 0 Å². The molecule has 0 aliphatic rings. The van der Waals surface area contributed by atoms with Gasteiger partial charge in [0.2, 0.25) is 0 Å². The molecule has 0 saturated carbocycles. The number of methoxy groups -OCH3 is 1. The number of nitrogens with one attached hydrogen (secondary N) is 1. The van der Waals surface area contributed by atoms with Crippen LogP contribution in [0.4, 0.5) is 10.5 Å². The molecule has 1 N–H and O–H groups in total. The highest BCUT2D eigenvalue weighted by molar-refractivity contribution is 7.89. The number of amides is 1. The highest BCUT2D eigenvalue weighted by Crippen LogP contribution is 2.17. The number of nitro groups is 1. The molecule has 0 spiro atoms. The third-order valence-electron chi connectivity index (χ3n) is 2.04. The van der Waals surface area contributed by atoms with Crippen LogP contribution >= 0.6 is 0 Å². The number of rotatable bonds is 4. The largest absolute Gasteiger partial charge is 0.452 e. The lowest BCUT2D eigenvalue weighted by atomic mass is 10.3. The van der Waals surface area contributed by atoms with E-state index in [1.165, 1.54) is 12.1 Å². The van der Waals surface area contributed by atoms with Crippen molar-refractivity contribution in [1.29, 1.82) is 0 Å². The van der Waals surface area contributed by atoms with E-state index in [9.17, 15) is 23.3 Å². The van der Waals surface area contributed by atoms with Gasteiger partial charge in [0.15, 0.2) is 0 Å². The van der Waals surface area contributed by atoms with Crippen LogP contribution in [0.2, 0.25) is 0 Å². The molecule has 0 bridgehead atoms. The number of hydrogen-bond acceptors (Lipinski definition) is 6. The predicted molar refractivity (Wildman–Crippen MR) is 63.6 cm³/mol. The average Bonchev–Trinajstić information content (AvgIpc) is 2.37. The van der Waals surface area contributed by atoms with Gasteiger partial charge in [-0.2, -0.15) is 0 Å². The fourth-order valence-corrected chi connectivity index (χ4v) is 2.25. The molecule has 0 radical (unpaired) electrons. The maximum Gasteiger partial charge on any atom is 0.424 e. The van der Waals surface area contributed by atoms with Crippen molar-refractivity contribution in [3.8, 4) is 0 Å². The SMILES string of the molecule is COC(=O)N(C)NS(=O)(=O)c1cccc([N+](=O)[O-])c1. The Morgan fingerprint density at radius 1 is 1.47 bits per heavy atom. The minimum absolute atomic E-state index is 0.336. The van der Waals surface area contributed by atoms with Crippen LogP contribution in [0.3, 0.4) is 0 Å². The summed E-state index contributed by atoms with van der Waals surface area (Å²) in [5, 5.41) is 11.2. The van der Waals surface area contributed by atoms with Crippen molar-refractivity contribution in [2.45, 2.75) is 4.90 Å². The van der Waals surface area contributed by atoms with E-state index in [0.717, 1.165) is 26.3 Å². The highest BCUT2D eigenvalue weighted by atomic mass is 32.2. The van der Waals surface area contributed by atoms with Gasteiger partial charge < -0.3 is 4.74 Å². The first-order valence-electron chi connectivity index (χ1n) is 4.86. The third kappa shape index (κ3) is 3.63. The number of sulfonamides is 1. The molecule has 19 heavy (non-hydrogen) atoms. The zero-order valence-corrected chi connectivity index (χ0v) is 10.9. The molecule has 1 aromatic rings. The van der Waals surface area contributed by atoms with Crippen molar-refractivity contribution in [3.63, 3.8) is 0 Å². The molecular weight excluding hydrogens is 278 g/mol. The second-order valence-electron chi connectivity index (χ2n) is 3.38. The van der Waals surface area contributed by atoms with Crippen molar-refractivity contribution in [1.82, 2.24) is 9.84 Å². The van der Waals surface area contributed by atoms with Gasteiger partial charge in [0, 0.05) is 19.2 Å². The van der Waals surface area contributed by atoms with E-state index in [1.807, 2.05) is 4.83 Å². The van der Waals surface area contributed by atoms with Crippen molar-refractivity contribution in [2.75, 3.05) is 14.2 Å². The number of nitrogens with zero attached hydrogens (tertiary/aromatic N) is 2. The van der Waals surface area contributed by atoms with E-state index in [0.29, 0.717) is 5.01 Å². The van der Waals surface area contributed by atoms with Crippen LogP contribution in [0.15, 0.2) is 29.2 Å².